The molecule has 0 spiro atoms. The van der Waals surface area contributed by atoms with E-state index in [-0.39, 0.29) is 0 Å². The van der Waals surface area contributed by atoms with E-state index in [0.717, 1.165) is 6.54 Å². The summed E-state index contributed by atoms with van der Waals surface area (Å²) in [6.45, 7) is 12.1. The Bertz CT molecular complexity index is 324. The highest BCUT2D eigenvalue weighted by molar-refractivity contribution is 5.29. The van der Waals surface area contributed by atoms with Crippen molar-refractivity contribution in [2.45, 2.75) is 53.5 Å². The number of rotatable bonds is 2. The van der Waals surface area contributed by atoms with Gasteiger partial charge in [0.2, 0.25) is 0 Å². The SMILES string of the molecule is CC.Cc1ccc(CN2CCCCC2)cc1C. The Morgan fingerprint density at radius 2 is 1.59 bits per heavy atom. The molecule has 1 saturated heterocycles. The Hall–Kier alpha value is -0.820. The van der Waals surface area contributed by atoms with Gasteiger partial charge in [-0.3, -0.25) is 4.90 Å². The average Bonchev–Trinajstić information content (AvgIpc) is 2.38. The molecule has 1 aromatic rings. The van der Waals surface area contributed by atoms with E-state index < -0.39 is 0 Å². The van der Waals surface area contributed by atoms with Gasteiger partial charge in [0.1, 0.15) is 0 Å². The zero-order valence-electron chi connectivity index (χ0n) is 11.9. The lowest BCUT2D eigenvalue weighted by atomic mass is 10.0. The van der Waals surface area contributed by atoms with Crippen LogP contribution in [0.4, 0.5) is 0 Å². The van der Waals surface area contributed by atoms with Crippen molar-refractivity contribution >= 4 is 0 Å². The lowest BCUT2D eigenvalue weighted by molar-refractivity contribution is 0.221. The molecule has 1 fully saturated rings. The highest BCUT2D eigenvalue weighted by atomic mass is 15.1. The second kappa shape index (κ2) is 7.50. The maximum Gasteiger partial charge on any atom is 0.0233 e. The number of aryl methyl sites for hydroxylation is 2. The molecule has 17 heavy (non-hydrogen) atoms. The summed E-state index contributed by atoms with van der Waals surface area (Å²) < 4.78 is 0. The summed E-state index contributed by atoms with van der Waals surface area (Å²) in [5, 5.41) is 0. The van der Waals surface area contributed by atoms with Crippen molar-refractivity contribution in [1.29, 1.82) is 0 Å². The van der Waals surface area contributed by atoms with Gasteiger partial charge in [0, 0.05) is 6.54 Å². The highest BCUT2D eigenvalue weighted by Crippen LogP contribution is 2.15. The maximum absolute atomic E-state index is 2.58. The molecule has 0 atom stereocenters. The van der Waals surface area contributed by atoms with Gasteiger partial charge in [0.15, 0.2) is 0 Å². The first-order chi connectivity index (χ1) is 8.25. The van der Waals surface area contributed by atoms with Crippen molar-refractivity contribution < 1.29 is 0 Å². The average molecular weight is 233 g/mol. The first-order valence-electron chi connectivity index (χ1n) is 7.04. The molecule has 1 heteroatoms. The van der Waals surface area contributed by atoms with Gasteiger partial charge in [-0.25, -0.2) is 0 Å². The summed E-state index contributed by atoms with van der Waals surface area (Å²) in [7, 11) is 0. The molecule has 1 aliphatic rings. The fourth-order valence-corrected chi connectivity index (χ4v) is 2.28. The van der Waals surface area contributed by atoms with Crippen LogP contribution < -0.4 is 0 Å². The van der Waals surface area contributed by atoms with Crippen LogP contribution in [-0.4, -0.2) is 18.0 Å². The summed E-state index contributed by atoms with van der Waals surface area (Å²) >= 11 is 0. The molecule has 0 bridgehead atoms. The third-order valence-electron chi connectivity index (χ3n) is 3.43. The van der Waals surface area contributed by atoms with Gasteiger partial charge in [-0.05, 0) is 56.5 Å². The Morgan fingerprint density at radius 1 is 0.941 bits per heavy atom. The van der Waals surface area contributed by atoms with Crippen LogP contribution in [-0.2, 0) is 6.54 Å². The minimum Gasteiger partial charge on any atom is -0.299 e. The minimum absolute atomic E-state index is 1.14. The van der Waals surface area contributed by atoms with Crippen LogP contribution in [0, 0.1) is 13.8 Å². The van der Waals surface area contributed by atoms with Gasteiger partial charge in [0.05, 0.1) is 0 Å². The molecule has 0 radical (unpaired) electrons. The molecule has 0 aliphatic carbocycles. The first kappa shape index (κ1) is 14.2. The molecule has 1 nitrogen and oxygen atoms in total. The van der Waals surface area contributed by atoms with E-state index in [1.165, 1.54) is 49.0 Å². The molecule has 1 heterocycles. The van der Waals surface area contributed by atoms with E-state index in [1.54, 1.807) is 0 Å². The van der Waals surface area contributed by atoms with E-state index >= 15 is 0 Å². The van der Waals surface area contributed by atoms with Gasteiger partial charge in [-0.15, -0.1) is 0 Å². The molecule has 0 amide bonds. The lowest BCUT2D eigenvalue weighted by Gasteiger charge is -2.26. The van der Waals surface area contributed by atoms with Gasteiger partial charge in [-0.1, -0.05) is 38.5 Å². The second-order valence-electron chi connectivity index (χ2n) is 4.76. The normalized spacial score (nSPS) is 16.2. The van der Waals surface area contributed by atoms with Gasteiger partial charge in [0.25, 0.3) is 0 Å². The molecule has 2 rings (SSSR count). The van der Waals surface area contributed by atoms with Crippen LogP contribution in [0.1, 0.15) is 49.8 Å². The van der Waals surface area contributed by atoms with E-state index in [4.69, 9.17) is 0 Å². The number of likely N-dealkylation sites (tertiary alicyclic amines) is 1. The number of hydrogen-bond acceptors (Lipinski definition) is 1. The van der Waals surface area contributed by atoms with Crippen molar-refractivity contribution in [1.82, 2.24) is 4.90 Å². The Labute approximate surface area is 107 Å². The molecule has 1 aromatic carbocycles. The summed E-state index contributed by atoms with van der Waals surface area (Å²) in [6.07, 6.45) is 4.18. The molecule has 96 valence electrons. The molecule has 0 N–H and O–H groups in total. The minimum atomic E-state index is 1.14. The summed E-state index contributed by atoms with van der Waals surface area (Å²) in [6, 6.07) is 6.86. The number of benzene rings is 1. The predicted octanol–water partition coefficient (Wildman–Crippen LogP) is 4.32. The third kappa shape index (κ3) is 4.51. The summed E-state index contributed by atoms with van der Waals surface area (Å²) in [4.78, 5) is 2.58. The van der Waals surface area contributed by atoms with Crippen molar-refractivity contribution in [3.05, 3.63) is 34.9 Å². The van der Waals surface area contributed by atoms with Crippen molar-refractivity contribution in [2.75, 3.05) is 13.1 Å². The molecule has 0 saturated carbocycles. The fourth-order valence-electron chi connectivity index (χ4n) is 2.28. The van der Waals surface area contributed by atoms with Gasteiger partial charge >= 0.3 is 0 Å². The van der Waals surface area contributed by atoms with Crippen LogP contribution in [0.5, 0.6) is 0 Å². The third-order valence-corrected chi connectivity index (χ3v) is 3.43. The zero-order valence-corrected chi connectivity index (χ0v) is 11.9. The van der Waals surface area contributed by atoms with Crippen molar-refractivity contribution in [3.8, 4) is 0 Å². The predicted molar refractivity (Wildman–Crippen MR) is 76.4 cm³/mol. The van der Waals surface area contributed by atoms with Crippen LogP contribution in [0.3, 0.4) is 0 Å². The molecule has 1 aliphatic heterocycles. The van der Waals surface area contributed by atoms with Crippen LogP contribution in [0.25, 0.3) is 0 Å². The number of piperidine rings is 1. The van der Waals surface area contributed by atoms with Crippen molar-refractivity contribution in [3.63, 3.8) is 0 Å². The smallest absolute Gasteiger partial charge is 0.0233 e. The fraction of sp³-hybridized carbons (Fsp3) is 0.625. The quantitative estimate of drug-likeness (QED) is 0.735. The van der Waals surface area contributed by atoms with Gasteiger partial charge in [-0.2, -0.15) is 0 Å². The highest BCUT2D eigenvalue weighted by Gasteiger charge is 2.10. The van der Waals surface area contributed by atoms with Crippen molar-refractivity contribution in [2.24, 2.45) is 0 Å². The zero-order chi connectivity index (χ0) is 12.7. The van der Waals surface area contributed by atoms with Gasteiger partial charge < -0.3 is 0 Å². The van der Waals surface area contributed by atoms with Crippen LogP contribution in [0.15, 0.2) is 18.2 Å². The number of hydrogen-bond donors (Lipinski definition) is 0. The van der Waals surface area contributed by atoms with E-state index in [1.807, 2.05) is 13.8 Å². The molecule has 0 unspecified atom stereocenters. The first-order valence-corrected chi connectivity index (χ1v) is 7.04. The number of nitrogens with zero attached hydrogens (tertiary/aromatic N) is 1. The van der Waals surface area contributed by atoms with E-state index in [0.29, 0.717) is 0 Å². The van der Waals surface area contributed by atoms with E-state index in [9.17, 15) is 0 Å². The second-order valence-corrected chi connectivity index (χ2v) is 4.76. The summed E-state index contributed by atoms with van der Waals surface area (Å²) in [5.74, 6) is 0. The molecule has 0 aromatic heterocycles. The van der Waals surface area contributed by atoms with Crippen LogP contribution in [0.2, 0.25) is 0 Å². The topological polar surface area (TPSA) is 3.24 Å². The largest absolute Gasteiger partial charge is 0.299 e. The molecular formula is C16H27N. The lowest BCUT2D eigenvalue weighted by Crippen LogP contribution is -2.29. The Morgan fingerprint density at radius 3 is 2.18 bits per heavy atom. The Kier molecular flexibility index (Phi) is 6.28. The monoisotopic (exact) mass is 233 g/mol. The standard InChI is InChI=1S/C14H21N.C2H6/c1-12-6-7-14(10-13(12)2)11-15-8-4-3-5-9-15;1-2/h6-7,10H,3-5,8-9,11H2,1-2H3;1-2H3. The van der Waals surface area contributed by atoms with E-state index in [2.05, 4.69) is 36.9 Å². The van der Waals surface area contributed by atoms with Crippen LogP contribution >= 0.6 is 0 Å². The maximum atomic E-state index is 2.58. The summed E-state index contributed by atoms with van der Waals surface area (Å²) in [5.41, 5.74) is 4.29. The molecular weight excluding hydrogens is 206 g/mol. The Balaban J connectivity index is 0.000000686.